The Labute approximate surface area is 121 Å². The van der Waals surface area contributed by atoms with Gasteiger partial charge in [0.05, 0.1) is 6.54 Å². The van der Waals surface area contributed by atoms with E-state index in [1.54, 1.807) is 0 Å². The van der Waals surface area contributed by atoms with Gasteiger partial charge >= 0.3 is 0 Å². The fourth-order valence-corrected chi connectivity index (χ4v) is 2.79. The summed E-state index contributed by atoms with van der Waals surface area (Å²) in [4.78, 5) is 30.0. The zero-order chi connectivity index (χ0) is 14.5. The smallest absolute Gasteiger partial charge is 0.268 e. The zero-order valence-corrected chi connectivity index (χ0v) is 12.3. The van der Waals surface area contributed by atoms with Crippen molar-refractivity contribution in [2.75, 3.05) is 37.2 Å². The highest BCUT2D eigenvalue weighted by molar-refractivity contribution is 7.18. The number of amides is 2. The number of nitrogen functional groups attached to an aromatic ring is 1. The minimum absolute atomic E-state index is 0.0773. The van der Waals surface area contributed by atoms with E-state index in [9.17, 15) is 9.59 Å². The SMILES string of the molecule is CCCNc1nc(N)c(C(=O)N2CCCNC(=O)C2)s1. The molecular weight excluding hydrogens is 278 g/mol. The Hall–Kier alpha value is -1.83. The Bertz CT molecular complexity index is 502. The van der Waals surface area contributed by atoms with Crippen molar-refractivity contribution in [1.29, 1.82) is 0 Å². The van der Waals surface area contributed by atoms with Gasteiger partial charge in [-0.1, -0.05) is 18.3 Å². The van der Waals surface area contributed by atoms with Gasteiger partial charge in [0.1, 0.15) is 10.7 Å². The number of nitrogens with zero attached hydrogens (tertiary/aromatic N) is 2. The molecule has 1 aromatic rings. The van der Waals surface area contributed by atoms with Crippen LogP contribution in [-0.2, 0) is 4.79 Å². The highest BCUT2D eigenvalue weighted by Gasteiger charge is 2.25. The molecule has 0 saturated carbocycles. The Kier molecular flexibility index (Phi) is 4.78. The van der Waals surface area contributed by atoms with Gasteiger partial charge in [-0.15, -0.1) is 0 Å². The highest BCUT2D eigenvalue weighted by atomic mass is 32.1. The molecular formula is C12H19N5O2S. The van der Waals surface area contributed by atoms with Gasteiger partial charge in [0.15, 0.2) is 5.13 Å². The quantitative estimate of drug-likeness (QED) is 0.752. The third kappa shape index (κ3) is 3.38. The highest BCUT2D eigenvalue weighted by Crippen LogP contribution is 2.26. The molecule has 0 bridgehead atoms. The van der Waals surface area contributed by atoms with Gasteiger partial charge < -0.3 is 21.3 Å². The first-order valence-electron chi connectivity index (χ1n) is 6.68. The summed E-state index contributed by atoms with van der Waals surface area (Å²) in [5.74, 6) is -0.131. The third-order valence-electron chi connectivity index (χ3n) is 2.92. The zero-order valence-electron chi connectivity index (χ0n) is 11.4. The van der Waals surface area contributed by atoms with Gasteiger partial charge in [0.2, 0.25) is 5.91 Å². The van der Waals surface area contributed by atoms with Crippen molar-refractivity contribution in [2.24, 2.45) is 0 Å². The van der Waals surface area contributed by atoms with E-state index in [0.717, 1.165) is 19.4 Å². The lowest BCUT2D eigenvalue weighted by molar-refractivity contribution is -0.121. The number of carbonyl (C=O) groups is 2. The molecule has 8 heteroatoms. The maximum atomic E-state index is 12.4. The molecule has 4 N–H and O–H groups in total. The van der Waals surface area contributed by atoms with Crippen LogP contribution in [0.3, 0.4) is 0 Å². The maximum absolute atomic E-state index is 12.4. The largest absolute Gasteiger partial charge is 0.382 e. The fourth-order valence-electron chi connectivity index (χ4n) is 1.92. The van der Waals surface area contributed by atoms with Crippen LogP contribution in [0.5, 0.6) is 0 Å². The molecule has 1 aliphatic rings. The molecule has 0 aromatic carbocycles. The fraction of sp³-hybridized carbons (Fsp3) is 0.583. The van der Waals surface area contributed by atoms with Crippen molar-refractivity contribution < 1.29 is 9.59 Å². The van der Waals surface area contributed by atoms with Crippen LogP contribution in [0, 0.1) is 0 Å². The van der Waals surface area contributed by atoms with Crippen molar-refractivity contribution >= 4 is 34.1 Å². The van der Waals surface area contributed by atoms with Crippen LogP contribution < -0.4 is 16.4 Å². The number of rotatable bonds is 4. The van der Waals surface area contributed by atoms with E-state index in [2.05, 4.69) is 15.6 Å². The third-order valence-corrected chi connectivity index (χ3v) is 3.94. The van der Waals surface area contributed by atoms with Crippen molar-refractivity contribution in [3.63, 3.8) is 0 Å². The standard InChI is InChI=1S/C12H19N5O2S/c1-2-4-15-12-16-10(13)9(20-12)11(19)17-6-3-5-14-8(18)7-17/h2-7,13H2,1H3,(H,14,18)(H,15,16). The average Bonchev–Trinajstić information content (AvgIpc) is 2.65. The monoisotopic (exact) mass is 297 g/mol. The van der Waals surface area contributed by atoms with Crippen LogP contribution in [-0.4, -0.2) is 47.9 Å². The number of hydrogen-bond donors (Lipinski definition) is 3. The number of aromatic nitrogens is 1. The van der Waals surface area contributed by atoms with Gasteiger partial charge in [0, 0.05) is 19.6 Å². The molecule has 1 saturated heterocycles. The molecule has 2 rings (SSSR count). The first kappa shape index (κ1) is 14.6. The molecule has 2 amide bonds. The number of anilines is 2. The predicted octanol–water partition coefficient (Wildman–Crippen LogP) is 0.509. The Balaban J connectivity index is 2.11. The average molecular weight is 297 g/mol. The molecule has 110 valence electrons. The summed E-state index contributed by atoms with van der Waals surface area (Å²) >= 11 is 1.24. The van der Waals surface area contributed by atoms with Crippen molar-refractivity contribution in [1.82, 2.24) is 15.2 Å². The predicted molar refractivity (Wildman–Crippen MR) is 78.8 cm³/mol. The maximum Gasteiger partial charge on any atom is 0.268 e. The summed E-state index contributed by atoms with van der Waals surface area (Å²) in [6.07, 6.45) is 1.71. The number of hydrogen-bond acceptors (Lipinski definition) is 6. The lowest BCUT2D eigenvalue weighted by atomic mass is 10.3. The van der Waals surface area contributed by atoms with Gasteiger partial charge in [-0.25, -0.2) is 4.98 Å². The van der Waals surface area contributed by atoms with Gasteiger partial charge in [-0.05, 0) is 12.8 Å². The molecule has 0 unspecified atom stereocenters. The molecule has 1 aliphatic heterocycles. The molecule has 2 heterocycles. The van der Waals surface area contributed by atoms with E-state index >= 15 is 0 Å². The van der Waals surface area contributed by atoms with E-state index in [1.165, 1.54) is 16.2 Å². The summed E-state index contributed by atoms with van der Waals surface area (Å²) < 4.78 is 0. The minimum atomic E-state index is -0.221. The summed E-state index contributed by atoms with van der Waals surface area (Å²) in [5.41, 5.74) is 5.81. The number of thiazole rings is 1. The molecule has 0 atom stereocenters. The second kappa shape index (κ2) is 6.56. The number of carbonyl (C=O) groups excluding carboxylic acids is 2. The van der Waals surface area contributed by atoms with Crippen molar-refractivity contribution in [3.05, 3.63) is 4.88 Å². The number of nitrogens with two attached hydrogens (primary N) is 1. The van der Waals surface area contributed by atoms with E-state index < -0.39 is 0 Å². The molecule has 0 radical (unpaired) electrons. The lowest BCUT2D eigenvalue weighted by Crippen LogP contribution is -2.37. The van der Waals surface area contributed by atoms with Crippen molar-refractivity contribution in [3.8, 4) is 0 Å². The number of nitrogens with one attached hydrogen (secondary N) is 2. The van der Waals surface area contributed by atoms with Crippen LogP contribution >= 0.6 is 11.3 Å². The second-order valence-corrected chi connectivity index (χ2v) is 5.59. The van der Waals surface area contributed by atoms with Gasteiger partial charge in [-0.2, -0.15) is 0 Å². The lowest BCUT2D eigenvalue weighted by Gasteiger charge is -2.17. The van der Waals surface area contributed by atoms with E-state index in [1.807, 2.05) is 6.92 Å². The molecule has 1 fully saturated rings. The van der Waals surface area contributed by atoms with Gasteiger partial charge in [-0.3, -0.25) is 9.59 Å². The summed E-state index contributed by atoms with van der Waals surface area (Å²) in [5, 5.41) is 6.50. The molecule has 7 nitrogen and oxygen atoms in total. The normalized spacial score (nSPS) is 15.7. The molecule has 1 aromatic heterocycles. The Morgan fingerprint density at radius 2 is 2.40 bits per heavy atom. The minimum Gasteiger partial charge on any atom is -0.382 e. The molecule has 0 aliphatic carbocycles. The summed E-state index contributed by atoms with van der Waals surface area (Å²) in [6, 6.07) is 0. The van der Waals surface area contributed by atoms with Crippen LogP contribution in [0.25, 0.3) is 0 Å². The Morgan fingerprint density at radius 1 is 1.60 bits per heavy atom. The van der Waals surface area contributed by atoms with E-state index in [0.29, 0.717) is 23.1 Å². The topological polar surface area (TPSA) is 100 Å². The Morgan fingerprint density at radius 3 is 3.15 bits per heavy atom. The molecule has 0 spiro atoms. The first-order chi connectivity index (χ1) is 9.61. The van der Waals surface area contributed by atoms with Gasteiger partial charge in [0.25, 0.3) is 5.91 Å². The van der Waals surface area contributed by atoms with Crippen LogP contribution in [0.1, 0.15) is 29.4 Å². The van der Waals surface area contributed by atoms with Crippen LogP contribution in [0.15, 0.2) is 0 Å². The second-order valence-electron chi connectivity index (χ2n) is 4.59. The van der Waals surface area contributed by atoms with Crippen molar-refractivity contribution in [2.45, 2.75) is 19.8 Å². The first-order valence-corrected chi connectivity index (χ1v) is 7.49. The van der Waals surface area contributed by atoms with E-state index in [4.69, 9.17) is 5.73 Å². The summed E-state index contributed by atoms with van der Waals surface area (Å²) in [6.45, 7) is 4.06. The van der Waals surface area contributed by atoms with Crippen LogP contribution in [0.4, 0.5) is 10.9 Å². The van der Waals surface area contributed by atoms with Crippen LogP contribution in [0.2, 0.25) is 0 Å². The van der Waals surface area contributed by atoms with E-state index in [-0.39, 0.29) is 24.2 Å². The molecule has 20 heavy (non-hydrogen) atoms. The summed E-state index contributed by atoms with van der Waals surface area (Å²) in [7, 11) is 0.